The quantitative estimate of drug-likeness (QED) is 0.941. The van der Waals surface area contributed by atoms with E-state index in [1.54, 1.807) is 18.2 Å². The number of benzene rings is 1. The Morgan fingerprint density at radius 1 is 1.39 bits per heavy atom. The molecule has 0 radical (unpaired) electrons. The van der Waals surface area contributed by atoms with E-state index in [1.165, 1.54) is 12.4 Å². The second-order valence-electron chi connectivity index (χ2n) is 3.51. The van der Waals surface area contributed by atoms with Gasteiger partial charge >= 0.3 is 6.55 Å². The van der Waals surface area contributed by atoms with Gasteiger partial charge in [0.2, 0.25) is 0 Å². The highest BCUT2D eigenvalue weighted by molar-refractivity contribution is 6.33. The molecule has 1 aromatic carbocycles. The summed E-state index contributed by atoms with van der Waals surface area (Å²) in [7, 11) is 0. The molecule has 3 nitrogen and oxygen atoms in total. The summed E-state index contributed by atoms with van der Waals surface area (Å²) in [5.41, 5.74) is 7.58. The van der Waals surface area contributed by atoms with Gasteiger partial charge in [-0.25, -0.2) is 4.68 Å². The van der Waals surface area contributed by atoms with Crippen molar-refractivity contribution in [1.82, 2.24) is 9.78 Å². The molecule has 0 saturated carbocycles. The lowest BCUT2D eigenvalue weighted by molar-refractivity contribution is 0.0566. The smallest absolute Gasteiger partial charge is 0.326 e. The summed E-state index contributed by atoms with van der Waals surface area (Å²) in [5, 5.41) is 4.03. The average Bonchev–Trinajstić information content (AvgIpc) is 2.78. The summed E-state index contributed by atoms with van der Waals surface area (Å²) >= 11 is 6.05. The summed E-state index contributed by atoms with van der Waals surface area (Å²) < 4.78 is 25.3. The van der Waals surface area contributed by atoms with Crippen LogP contribution in [0.5, 0.6) is 0 Å². The van der Waals surface area contributed by atoms with Crippen molar-refractivity contribution in [3.8, 4) is 11.1 Å². The summed E-state index contributed by atoms with van der Waals surface area (Å²) in [6.45, 7) is -2.26. The largest absolute Gasteiger partial charge is 0.333 e. The Labute approximate surface area is 114 Å². The SMILES string of the molecule is Cl.NCc1ccc(-c2cnn(C(F)F)c2)c(Cl)c1. The van der Waals surface area contributed by atoms with Gasteiger partial charge in [-0.05, 0) is 11.6 Å². The van der Waals surface area contributed by atoms with Crippen LogP contribution in [0.4, 0.5) is 8.78 Å². The molecule has 2 aromatic rings. The summed E-state index contributed by atoms with van der Waals surface area (Å²) in [6, 6.07) is 5.27. The van der Waals surface area contributed by atoms with Crippen LogP contribution >= 0.6 is 24.0 Å². The fourth-order valence-corrected chi connectivity index (χ4v) is 1.82. The first-order chi connectivity index (χ1) is 8.11. The van der Waals surface area contributed by atoms with E-state index in [1.807, 2.05) is 0 Å². The van der Waals surface area contributed by atoms with Crippen LogP contribution in [-0.4, -0.2) is 9.78 Å². The van der Waals surface area contributed by atoms with E-state index in [2.05, 4.69) is 5.10 Å². The maximum absolute atomic E-state index is 12.4. The molecule has 0 unspecified atom stereocenters. The Morgan fingerprint density at radius 3 is 2.61 bits per heavy atom. The molecule has 0 aliphatic carbocycles. The topological polar surface area (TPSA) is 43.8 Å². The maximum Gasteiger partial charge on any atom is 0.333 e. The van der Waals surface area contributed by atoms with Gasteiger partial charge in [-0.2, -0.15) is 13.9 Å². The summed E-state index contributed by atoms with van der Waals surface area (Å²) in [4.78, 5) is 0. The van der Waals surface area contributed by atoms with Gasteiger partial charge in [0.05, 0.1) is 6.20 Å². The Bertz CT molecular complexity index is 529. The molecular formula is C11H11Cl2F2N3. The number of alkyl halides is 2. The first kappa shape index (κ1) is 14.9. The first-order valence-corrected chi connectivity index (χ1v) is 5.31. The molecule has 0 aliphatic rings. The van der Waals surface area contributed by atoms with Crippen molar-refractivity contribution in [2.75, 3.05) is 0 Å². The third-order valence-electron chi connectivity index (χ3n) is 2.38. The molecule has 0 atom stereocenters. The van der Waals surface area contributed by atoms with Crippen LogP contribution in [0.15, 0.2) is 30.6 Å². The Hall–Kier alpha value is -1.17. The molecule has 2 N–H and O–H groups in total. The molecule has 0 saturated heterocycles. The molecule has 1 heterocycles. The Balaban J connectivity index is 0.00000162. The maximum atomic E-state index is 12.4. The van der Waals surface area contributed by atoms with Crippen molar-refractivity contribution in [2.24, 2.45) is 5.73 Å². The second-order valence-corrected chi connectivity index (χ2v) is 3.91. The van der Waals surface area contributed by atoms with Gasteiger partial charge in [0.1, 0.15) is 0 Å². The third-order valence-corrected chi connectivity index (χ3v) is 2.69. The zero-order valence-corrected chi connectivity index (χ0v) is 10.8. The van der Waals surface area contributed by atoms with Crippen molar-refractivity contribution in [3.05, 3.63) is 41.2 Å². The molecule has 7 heteroatoms. The summed E-state index contributed by atoms with van der Waals surface area (Å²) in [6.07, 6.45) is 2.61. The van der Waals surface area contributed by atoms with Crippen LogP contribution in [0.2, 0.25) is 5.02 Å². The van der Waals surface area contributed by atoms with E-state index < -0.39 is 6.55 Å². The molecule has 0 aliphatic heterocycles. The fraction of sp³-hybridized carbons (Fsp3) is 0.182. The lowest BCUT2D eigenvalue weighted by Crippen LogP contribution is -1.97. The van der Waals surface area contributed by atoms with Crippen LogP contribution in [0, 0.1) is 0 Å². The normalized spacial score (nSPS) is 10.5. The van der Waals surface area contributed by atoms with E-state index in [0.717, 1.165) is 5.56 Å². The van der Waals surface area contributed by atoms with Gasteiger partial charge in [-0.15, -0.1) is 12.4 Å². The van der Waals surface area contributed by atoms with E-state index >= 15 is 0 Å². The van der Waals surface area contributed by atoms with Gasteiger partial charge in [-0.1, -0.05) is 23.7 Å². The minimum absolute atomic E-state index is 0. The van der Waals surface area contributed by atoms with Crippen molar-refractivity contribution in [1.29, 1.82) is 0 Å². The van der Waals surface area contributed by atoms with Gasteiger partial charge in [0, 0.05) is 28.9 Å². The standard InChI is InChI=1S/C11H10ClF2N3.ClH/c12-10-3-7(4-15)1-2-9(10)8-5-16-17(6-8)11(13)14;/h1-3,5-6,11H,4,15H2;1H. The van der Waals surface area contributed by atoms with Gasteiger partial charge in [0.15, 0.2) is 0 Å². The van der Waals surface area contributed by atoms with E-state index in [4.69, 9.17) is 17.3 Å². The minimum Gasteiger partial charge on any atom is -0.326 e. The van der Waals surface area contributed by atoms with E-state index in [-0.39, 0.29) is 12.4 Å². The zero-order valence-electron chi connectivity index (χ0n) is 9.19. The highest BCUT2D eigenvalue weighted by Gasteiger charge is 2.11. The first-order valence-electron chi connectivity index (χ1n) is 4.93. The second kappa shape index (κ2) is 6.13. The van der Waals surface area contributed by atoms with Gasteiger partial charge in [0.25, 0.3) is 0 Å². The molecule has 0 fully saturated rings. The van der Waals surface area contributed by atoms with Crippen molar-refractivity contribution in [2.45, 2.75) is 13.1 Å². The number of aromatic nitrogens is 2. The van der Waals surface area contributed by atoms with E-state index in [9.17, 15) is 8.78 Å². The summed E-state index contributed by atoms with van der Waals surface area (Å²) in [5.74, 6) is 0. The van der Waals surface area contributed by atoms with Gasteiger partial charge in [-0.3, -0.25) is 0 Å². The van der Waals surface area contributed by atoms with Crippen molar-refractivity contribution in [3.63, 3.8) is 0 Å². The highest BCUT2D eigenvalue weighted by Crippen LogP contribution is 2.29. The fourth-order valence-electron chi connectivity index (χ4n) is 1.50. The Kier molecular flexibility index (Phi) is 5.07. The predicted molar refractivity (Wildman–Crippen MR) is 69.1 cm³/mol. The number of hydrogen-bond donors (Lipinski definition) is 1. The monoisotopic (exact) mass is 293 g/mol. The molecule has 18 heavy (non-hydrogen) atoms. The number of hydrogen-bond acceptors (Lipinski definition) is 2. The molecule has 0 spiro atoms. The number of nitrogens with two attached hydrogens (primary N) is 1. The molecule has 98 valence electrons. The zero-order chi connectivity index (χ0) is 12.4. The molecule has 2 rings (SSSR count). The van der Waals surface area contributed by atoms with Crippen molar-refractivity contribution >= 4 is 24.0 Å². The molecule has 1 aromatic heterocycles. The van der Waals surface area contributed by atoms with E-state index in [0.29, 0.717) is 27.4 Å². The molecule has 0 bridgehead atoms. The van der Waals surface area contributed by atoms with Crippen LogP contribution in [0.3, 0.4) is 0 Å². The molecule has 0 amide bonds. The third kappa shape index (κ3) is 2.98. The van der Waals surface area contributed by atoms with Crippen LogP contribution < -0.4 is 5.73 Å². The number of rotatable bonds is 3. The lowest BCUT2D eigenvalue weighted by Gasteiger charge is -2.03. The predicted octanol–water partition coefficient (Wildman–Crippen LogP) is 3.48. The lowest BCUT2D eigenvalue weighted by atomic mass is 10.1. The number of nitrogens with zero attached hydrogens (tertiary/aromatic N) is 2. The van der Waals surface area contributed by atoms with Crippen molar-refractivity contribution < 1.29 is 8.78 Å². The minimum atomic E-state index is -2.65. The Morgan fingerprint density at radius 2 is 2.11 bits per heavy atom. The average molecular weight is 294 g/mol. The van der Waals surface area contributed by atoms with Gasteiger partial charge < -0.3 is 5.73 Å². The van der Waals surface area contributed by atoms with Crippen LogP contribution in [0.1, 0.15) is 12.1 Å². The molecular weight excluding hydrogens is 283 g/mol. The highest BCUT2D eigenvalue weighted by atomic mass is 35.5. The van der Waals surface area contributed by atoms with Crippen LogP contribution in [-0.2, 0) is 6.54 Å². The number of halogens is 4. The van der Waals surface area contributed by atoms with Crippen LogP contribution in [0.25, 0.3) is 11.1 Å².